The van der Waals surface area contributed by atoms with Gasteiger partial charge in [-0.25, -0.2) is 0 Å². The van der Waals surface area contributed by atoms with Crippen molar-refractivity contribution in [2.45, 2.75) is 25.8 Å². The highest BCUT2D eigenvalue weighted by atomic mass is 35.5. The van der Waals surface area contributed by atoms with E-state index >= 15 is 0 Å². The molecule has 0 unspecified atom stereocenters. The Morgan fingerprint density at radius 2 is 2.21 bits per heavy atom. The first-order valence-electron chi connectivity index (χ1n) is 4.77. The first-order valence-corrected chi connectivity index (χ1v) is 5.15. The standard InChI is InChI=1S/C11H16ClNO/c1-8-4-5-9(7-10(8)12)11(13)3-2-6-14/h4-5,7,11,14H,2-3,6,13H2,1H3/t11-/m0/s1. The third kappa shape index (κ3) is 2.98. The van der Waals surface area contributed by atoms with E-state index in [1.54, 1.807) is 0 Å². The lowest BCUT2D eigenvalue weighted by molar-refractivity contribution is 0.280. The minimum absolute atomic E-state index is 0.0275. The smallest absolute Gasteiger partial charge is 0.0438 e. The molecule has 0 spiro atoms. The summed E-state index contributed by atoms with van der Waals surface area (Å²) in [4.78, 5) is 0. The topological polar surface area (TPSA) is 46.2 Å². The first-order chi connectivity index (χ1) is 6.65. The van der Waals surface area contributed by atoms with Crippen molar-refractivity contribution in [3.05, 3.63) is 34.3 Å². The number of aliphatic hydroxyl groups excluding tert-OH is 1. The summed E-state index contributed by atoms with van der Waals surface area (Å²) in [6.45, 7) is 2.15. The van der Waals surface area contributed by atoms with E-state index in [1.165, 1.54) is 0 Å². The van der Waals surface area contributed by atoms with E-state index in [4.69, 9.17) is 22.4 Å². The minimum Gasteiger partial charge on any atom is -0.396 e. The largest absolute Gasteiger partial charge is 0.396 e. The minimum atomic E-state index is -0.0275. The summed E-state index contributed by atoms with van der Waals surface area (Å²) in [5.74, 6) is 0. The highest BCUT2D eigenvalue weighted by Gasteiger charge is 2.06. The number of rotatable bonds is 4. The quantitative estimate of drug-likeness (QED) is 0.807. The monoisotopic (exact) mass is 213 g/mol. The van der Waals surface area contributed by atoms with Crippen molar-refractivity contribution in [3.63, 3.8) is 0 Å². The predicted molar refractivity (Wildman–Crippen MR) is 59.4 cm³/mol. The third-order valence-corrected chi connectivity index (χ3v) is 2.70. The molecule has 0 aliphatic heterocycles. The molecule has 2 nitrogen and oxygen atoms in total. The summed E-state index contributed by atoms with van der Waals surface area (Å²) in [7, 11) is 0. The van der Waals surface area contributed by atoms with Gasteiger partial charge in [0.1, 0.15) is 0 Å². The van der Waals surface area contributed by atoms with E-state index in [1.807, 2.05) is 25.1 Å². The van der Waals surface area contributed by atoms with Gasteiger partial charge in [-0.3, -0.25) is 0 Å². The van der Waals surface area contributed by atoms with Crippen LogP contribution >= 0.6 is 11.6 Å². The Hall–Kier alpha value is -0.570. The molecule has 0 radical (unpaired) electrons. The van der Waals surface area contributed by atoms with E-state index < -0.39 is 0 Å². The molecule has 1 aromatic carbocycles. The molecule has 3 N–H and O–H groups in total. The molecule has 78 valence electrons. The van der Waals surface area contributed by atoms with Crippen molar-refractivity contribution < 1.29 is 5.11 Å². The summed E-state index contributed by atoms with van der Waals surface area (Å²) in [5, 5.41) is 9.43. The molecular formula is C11H16ClNO. The van der Waals surface area contributed by atoms with E-state index in [9.17, 15) is 0 Å². The number of halogens is 1. The Balaban J connectivity index is 2.70. The van der Waals surface area contributed by atoms with Gasteiger partial charge in [0.2, 0.25) is 0 Å². The van der Waals surface area contributed by atoms with Gasteiger partial charge in [0.05, 0.1) is 0 Å². The van der Waals surface area contributed by atoms with E-state index in [0.717, 1.165) is 29.0 Å². The summed E-state index contributed by atoms with van der Waals surface area (Å²) in [6.07, 6.45) is 1.52. The lowest BCUT2D eigenvalue weighted by Crippen LogP contribution is -2.10. The van der Waals surface area contributed by atoms with Crippen molar-refractivity contribution in [1.29, 1.82) is 0 Å². The summed E-state index contributed by atoms with van der Waals surface area (Å²) >= 11 is 5.99. The fourth-order valence-corrected chi connectivity index (χ4v) is 1.51. The van der Waals surface area contributed by atoms with Crippen LogP contribution in [0.15, 0.2) is 18.2 Å². The number of nitrogens with two attached hydrogens (primary N) is 1. The maximum absolute atomic E-state index is 8.68. The first kappa shape index (κ1) is 11.5. The van der Waals surface area contributed by atoms with Gasteiger partial charge < -0.3 is 10.8 Å². The molecule has 0 saturated heterocycles. The molecule has 1 aromatic rings. The number of aliphatic hydroxyl groups is 1. The van der Waals surface area contributed by atoms with E-state index in [0.29, 0.717) is 0 Å². The molecule has 1 atom stereocenters. The van der Waals surface area contributed by atoms with Gasteiger partial charge in [0.15, 0.2) is 0 Å². The van der Waals surface area contributed by atoms with Crippen molar-refractivity contribution in [1.82, 2.24) is 0 Å². The average molecular weight is 214 g/mol. The zero-order chi connectivity index (χ0) is 10.6. The SMILES string of the molecule is Cc1ccc([C@@H](N)CCCO)cc1Cl. The fraction of sp³-hybridized carbons (Fsp3) is 0.455. The predicted octanol–water partition coefficient (Wildman–Crippen LogP) is 2.42. The van der Waals surface area contributed by atoms with Crippen LogP contribution in [0.4, 0.5) is 0 Å². The van der Waals surface area contributed by atoms with Gasteiger partial charge in [-0.1, -0.05) is 23.7 Å². The van der Waals surface area contributed by atoms with Gasteiger partial charge in [-0.15, -0.1) is 0 Å². The maximum Gasteiger partial charge on any atom is 0.0438 e. The molecule has 0 heterocycles. The molecule has 0 amide bonds. The van der Waals surface area contributed by atoms with Crippen LogP contribution in [0.2, 0.25) is 5.02 Å². The maximum atomic E-state index is 8.68. The van der Waals surface area contributed by atoms with Crippen molar-refractivity contribution in [3.8, 4) is 0 Å². The molecule has 3 heteroatoms. The molecule has 14 heavy (non-hydrogen) atoms. The average Bonchev–Trinajstić information content (AvgIpc) is 2.18. The second-order valence-electron chi connectivity index (χ2n) is 3.48. The Labute approximate surface area is 89.7 Å². The highest BCUT2D eigenvalue weighted by molar-refractivity contribution is 6.31. The molecule has 0 aromatic heterocycles. The van der Waals surface area contributed by atoms with Crippen LogP contribution in [0.1, 0.15) is 30.0 Å². The summed E-state index contributed by atoms with van der Waals surface area (Å²) in [5.41, 5.74) is 8.03. The van der Waals surface area contributed by atoms with Crippen LogP contribution in [0.3, 0.4) is 0 Å². The van der Waals surface area contributed by atoms with Gasteiger partial charge in [-0.2, -0.15) is 0 Å². The van der Waals surface area contributed by atoms with Crippen LogP contribution in [0.5, 0.6) is 0 Å². The molecular weight excluding hydrogens is 198 g/mol. The Bertz CT molecular complexity index is 301. The molecule has 0 bridgehead atoms. The van der Waals surface area contributed by atoms with Crippen molar-refractivity contribution >= 4 is 11.6 Å². The summed E-state index contributed by atoms with van der Waals surface area (Å²) < 4.78 is 0. The molecule has 1 rings (SSSR count). The van der Waals surface area contributed by atoms with Crippen LogP contribution in [-0.4, -0.2) is 11.7 Å². The number of hydrogen-bond acceptors (Lipinski definition) is 2. The van der Waals surface area contributed by atoms with Crippen molar-refractivity contribution in [2.24, 2.45) is 5.73 Å². The lowest BCUT2D eigenvalue weighted by Gasteiger charge is -2.12. The molecule has 0 aliphatic carbocycles. The molecule has 0 saturated carbocycles. The second-order valence-corrected chi connectivity index (χ2v) is 3.89. The zero-order valence-corrected chi connectivity index (χ0v) is 9.09. The number of aryl methyl sites for hydroxylation is 1. The van der Waals surface area contributed by atoms with Gasteiger partial charge in [0, 0.05) is 17.7 Å². The fourth-order valence-electron chi connectivity index (χ4n) is 1.32. The van der Waals surface area contributed by atoms with Gasteiger partial charge in [0.25, 0.3) is 0 Å². The third-order valence-electron chi connectivity index (χ3n) is 2.30. The Kier molecular flexibility index (Phi) is 4.39. The number of hydrogen-bond donors (Lipinski definition) is 2. The highest BCUT2D eigenvalue weighted by Crippen LogP contribution is 2.22. The normalized spacial score (nSPS) is 12.9. The van der Waals surface area contributed by atoms with Gasteiger partial charge >= 0.3 is 0 Å². The van der Waals surface area contributed by atoms with Crippen LogP contribution in [0, 0.1) is 6.92 Å². The Morgan fingerprint density at radius 3 is 2.79 bits per heavy atom. The number of benzene rings is 1. The Morgan fingerprint density at radius 1 is 1.50 bits per heavy atom. The van der Waals surface area contributed by atoms with E-state index in [-0.39, 0.29) is 12.6 Å². The van der Waals surface area contributed by atoms with Crippen LogP contribution in [-0.2, 0) is 0 Å². The summed E-state index contributed by atoms with van der Waals surface area (Å²) in [6, 6.07) is 5.83. The molecule has 0 fully saturated rings. The van der Waals surface area contributed by atoms with Crippen LogP contribution < -0.4 is 5.73 Å². The molecule has 0 aliphatic rings. The van der Waals surface area contributed by atoms with E-state index in [2.05, 4.69) is 0 Å². The van der Waals surface area contributed by atoms with Crippen molar-refractivity contribution in [2.75, 3.05) is 6.61 Å². The zero-order valence-electron chi connectivity index (χ0n) is 8.33. The van der Waals surface area contributed by atoms with Gasteiger partial charge in [-0.05, 0) is 37.0 Å². The second kappa shape index (κ2) is 5.35. The van der Waals surface area contributed by atoms with Crippen LogP contribution in [0.25, 0.3) is 0 Å². The lowest BCUT2D eigenvalue weighted by atomic mass is 10.0.